The number of aromatic nitrogens is 1. The first-order chi connectivity index (χ1) is 12.4. The summed E-state index contributed by atoms with van der Waals surface area (Å²) in [4.78, 5) is 18.7. The van der Waals surface area contributed by atoms with Crippen molar-refractivity contribution in [1.29, 1.82) is 0 Å². The summed E-state index contributed by atoms with van der Waals surface area (Å²) in [7, 11) is 0. The summed E-state index contributed by atoms with van der Waals surface area (Å²) >= 11 is 1.66. The molecule has 0 unspecified atom stereocenters. The molecule has 6 heteroatoms. The van der Waals surface area contributed by atoms with Crippen LogP contribution >= 0.6 is 11.3 Å². The van der Waals surface area contributed by atoms with E-state index in [1.807, 2.05) is 30.3 Å². The van der Waals surface area contributed by atoms with E-state index in [1.54, 1.807) is 16.2 Å². The zero-order valence-electron chi connectivity index (χ0n) is 15.7. The first-order valence-corrected chi connectivity index (χ1v) is 9.98. The number of carbonyl (C=O) groups is 1. The Labute approximate surface area is 159 Å². The lowest BCUT2D eigenvalue weighted by molar-refractivity contribution is 0.0882. The molecule has 0 atom stereocenters. The number of rotatable bonds is 4. The van der Waals surface area contributed by atoms with E-state index >= 15 is 0 Å². The SMILES string of the molecule is CC(C)(C)c1csc(NC2CCN(C(=O)OCc3ccccc3)CC2)n1. The number of carbonyl (C=O) groups excluding carboxylic acids is 1. The number of anilines is 1. The molecule has 26 heavy (non-hydrogen) atoms. The largest absolute Gasteiger partial charge is 0.445 e. The normalized spacial score (nSPS) is 15.7. The number of hydrogen-bond donors (Lipinski definition) is 1. The van der Waals surface area contributed by atoms with E-state index in [-0.39, 0.29) is 11.5 Å². The lowest BCUT2D eigenvalue weighted by Crippen LogP contribution is -2.42. The predicted molar refractivity (Wildman–Crippen MR) is 106 cm³/mol. The summed E-state index contributed by atoms with van der Waals surface area (Å²) in [6.07, 6.45) is 1.59. The van der Waals surface area contributed by atoms with Crippen LogP contribution in [0.2, 0.25) is 0 Å². The minimum Gasteiger partial charge on any atom is -0.445 e. The monoisotopic (exact) mass is 373 g/mol. The Kier molecular flexibility index (Phi) is 5.81. The van der Waals surface area contributed by atoms with E-state index in [0.717, 1.165) is 29.2 Å². The Morgan fingerprint density at radius 3 is 2.58 bits per heavy atom. The van der Waals surface area contributed by atoms with Gasteiger partial charge in [0.25, 0.3) is 0 Å². The second kappa shape index (κ2) is 8.08. The topological polar surface area (TPSA) is 54.5 Å². The first-order valence-electron chi connectivity index (χ1n) is 9.10. The summed E-state index contributed by atoms with van der Waals surface area (Å²) in [6.45, 7) is 8.26. The Morgan fingerprint density at radius 1 is 1.27 bits per heavy atom. The summed E-state index contributed by atoms with van der Waals surface area (Å²) in [6, 6.07) is 10.1. The summed E-state index contributed by atoms with van der Waals surface area (Å²) in [5, 5.41) is 6.61. The van der Waals surface area contributed by atoms with Crippen LogP contribution in [0.15, 0.2) is 35.7 Å². The number of nitrogens with one attached hydrogen (secondary N) is 1. The summed E-state index contributed by atoms with van der Waals surface area (Å²) in [5.74, 6) is 0. The molecule has 1 aromatic heterocycles. The fraction of sp³-hybridized carbons (Fsp3) is 0.500. The molecule has 3 rings (SSSR count). The molecule has 0 aliphatic carbocycles. The highest BCUT2D eigenvalue weighted by molar-refractivity contribution is 7.13. The van der Waals surface area contributed by atoms with Gasteiger partial charge in [-0.2, -0.15) is 0 Å². The third-order valence-electron chi connectivity index (χ3n) is 4.56. The molecule has 0 saturated carbocycles. The third kappa shape index (κ3) is 4.97. The van der Waals surface area contributed by atoms with Gasteiger partial charge in [0.2, 0.25) is 0 Å². The second-order valence-corrected chi connectivity index (χ2v) is 8.59. The van der Waals surface area contributed by atoms with E-state index < -0.39 is 0 Å². The molecule has 0 bridgehead atoms. The maximum Gasteiger partial charge on any atom is 0.410 e. The van der Waals surface area contributed by atoms with Crippen molar-refractivity contribution in [2.45, 2.75) is 51.7 Å². The molecular formula is C20H27N3O2S. The van der Waals surface area contributed by atoms with Crippen LogP contribution in [0.4, 0.5) is 9.93 Å². The fourth-order valence-corrected chi connectivity index (χ4v) is 3.89. The first kappa shape index (κ1) is 18.7. The molecule has 1 fully saturated rings. The lowest BCUT2D eigenvalue weighted by Gasteiger charge is -2.31. The molecule has 0 radical (unpaired) electrons. The number of hydrogen-bond acceptors (Lipinski definition) is 5. The Balaban J connectivity index is 1.43. The second-order valence-electron chi connectivity index (χ2n) is 7.73. The van der Waals surface area contributed by atoms with Crippen molar-refractivity contribution in [3.05, 3.63) is 47.0 Å². The molecule has 2 aromatic rings. The van der Waals surface area contributed by atoms with E-state index in [1.165, 1.54) is 0 Å². The standard InChI is InChI=1S/C20H27N3O2S/c1-20(2,3)17-14-26-18(22-17)21-16-9-11-23(12-10-16)19(24)25-13-15-7-5-4-6-8-15/h4-8,14,16H,9-13H2,1-3H3,(H,21,22). The van der Waals surface area contributed by atoms with Crippen LogP contribution in [-0.4, -0.2) is 35.1 Å². The summed E-state index contributed by atoms with van der Waals surface area (Å²) < 4.78 is 5.42. The molecule has 1 aromatic carbocycles. The van der Waals surface area contributed by atoms with Crippen LogP contribution < -0.4 is 5.32 Å². The maximum absolute atomic E-state index is 12.2. The molecule has 2 heterocycles. The van der Waals surface area contributed by atoms with Crippen molar-refractivity contribution in [3.8, 4) is 0 Å². The van der Waals surface area contributed by atoms with Crippen LogP contribution in [0, 0.1) is 0 Å². The molecule has 1 amide bonds. The highest BCUT2D eigenvalue weighted by atomic mass is 32.1. The van der Waals surface area contributed by atoms with Gasteiger partial charge in [-0.05, 0) is 18.4 Å². The van der Waals surface area contributed by atoms with Gasteiger partial charge in [-0.1, -0.05) is 51.1 Å². The van der Waals surface area contributed by atoms with Crippen molar-refractivity contribution in [1.82, 2.24) is 9.88 Å². The van der Waals surface area contributed by atoms with Gasteiger partial charge < -0.3 is 15.0 Å². The fourth-order valence-electron chi connectivity index (χ4n) is 2.88. The van der Waals surface area contributed by atoms with E-state index in [9.17, 15) is 4.79 Å². The number of thiazole rings is 1. The van der Waals surface area contributed by atoms with Crippen LogP contribution in [0.3, 0.4) is 0 Å². The van der Waals surface area contributed by atoms with Crippen molar-refractivity contribution in [2.24, 2.45) is 0 Å². The molecule has 1 aliphatic heterocycles. The average Bonchev–Trinajstić information content (AvgIpc) is 3.10. The van der Waals surface area contributed by atoms with Gasteiger partial charge in [0.15, 0.2) is 5.13 Å². The highest BCUT2D eigenvalue weighted by Gasteiger charge is 2.25. The Hall–Kier alpha value is -2.08. The zero-order valence-corrected chi connectivity index (χ0v) is 16.5. The minimum atomic E-state index is -0.225. The number of nitrogens with zero attached hydrogens (tertiary/aromatic N) is 2. The van der Waals surface area contributed by atoms with Crippen LogP contribution in [0.1, 0.15) is 44.9 Å². The van der Waals surface area contributed by atoms with Crippen LogP contribution in [-0.2, 0) is 16.8 Å². The van der Waals surface area contributed by atoms with Crippen molar-refractivity contribution in [2.75, 3.05) is 18.4 Å². The van der Waals surface area contributed by atoms with Gasteiger partial charge >= 0.3 is 6.09 Å². The van der Waals surface area contributed by atoms with Crippen molar-refractivity contribution >= 4 is 22.6 Å². The van der Waals surface area contributed by atoms with Gasteiger partial charge in [-0.3, -0.25) is 0 Å². The van der Waals surface area contributed by atoms with Crippen molar-refractivity contribution < 1.29 is 9.53 Å². The van der Waals surface area contributed by atoms with Gasteiger partial charge in [-0.25, -0.2) is 9.78 Å². The molecule has 1 saturated heterocycles. The Bertz CT molecular complexity index is 716. The summed E-state index contributed by atoms with van der Waals surface area (Å²) in [5.41, 5.74) is 2.20. The highest BCUT2D eigenvalue weighted by Crippen LogP contribution is 2.27. The van der Waals surface area contributed by atoms with Crippen LogP contribution in [0.5, 0.6) is 0 Å². The quantitative estimate of drug-likeness (QED) is 0.847. The van der Waals surface area contributed by atoms with Gasteiger partial charge in [-0.15, -0.1) is 11.3 Å². The lowest BCUT2D eigenvalue weighted by atomic mass is 9.93. The zero-order chi connectivity index (χ0) is 18.6. The molecule has 5 nitrogen and oxygen atoms in total. The molecular weight excluding hydrogens is 346 g/mol. The van der Waals surface area contributed by atoms with E-state index in [0.29, 0.717) is 25.7 Å². The van der Waals surface area contributed by atoms with Gasteiger partial charge in [0, 0.05) is 29.9 Å². The number of ether oxygens (including phenoxy) is 1. The number of piperidine rings is 1. The van der Waals surface area contributed by atoms with Gasteiger partial charge in [0.05, 0.1) is 5.69 Å². The third-order valence-corrected chi connectivity index (χ3v) is 5.33. The van der Waals surface area contributed by atoms with E-state index in [2.05, 4.69) is 31.5 Å². The average molecular weight is 374 g/mol. The number of likely N-dealkylation sites (tertiary alicyclic amines) is 1. The van der Waals surface area contributed by atoms with Crippen LogP contribution in [0.25, 0.3) is 0 Å². The molecule has 1 aliphatic rings. The molecule has 0 spiro atoms. The minimum absolute atomic E-state index is 0.0717. The van der Waals surface area contributed by atoms with Gasteiger partial charge in [0.1, 0.15) is 6.61 Å². The maximum atomic E-state index is 12.2. The Morgan fingerprint density at radius 2 is 1.96 bits per heavy atom. The number of benzene rings is 1. The smallest absolute Gasteiger partial charge is 0.410 e. The number of amides is 1. The molecule has 140 valence electrons. The molecule has 1 N–H and O–H groups in total. The predicted octanol–water partition coefficient (Wildman–Crippen LogP) is 4.65. The van der Waals surface area contributed by atoms with E-state index in [4.69, 9.17) is 9.72 Å². The van der Waals surface area contributed by atoms with Crippen molar-refractivity contribution in [3.63, 3.8) is 0 Å².